The first kappa shape index (κ1) is 13.7. The quantitative estimate of drug-likeness (QED) is 0.681. The van der Waals surface area contributed by atoms with Crippen molar-refractivity contribution in [1.29, 1.82) is 0 Å². The maximum absolute atomic E-state index is 4.13. The fourth-order valence-corrected chi connectivity index (χ4v) is 2.52. The van der Waals surface area contributed by atoms with Gasteiger partial charge in [-0.2, -0.15) is 0 Å². The molecular weight excluding hydrogens is 198 g/mol. The van der Waals surface area contributed by atoms with E-state index in [2.05, 4.69) is 49.6 Å². The second-order valence-corrected chi connectivity index (χ2v) is 5.23. The van der Waals surface area contributed by atoms with Gasteiger partial charge in [0.15, 0.2) is 0 Å². The maximum atomic E-state index is 4.13. The molecule has 1 heterocycles. The molecule has 0 aliphatic carbocycles. The first-order chi connectivity index (χ1) is 7.54. The predicted molar refractivity (Wildman–Crippen MR) is 70.8 cm³/mol. The Kier molecular flexibility index (Phi) is 5.46. The van der Waals surface area contributed by atoms with Crippen LogP contribution < -0.4 is 5.32 Å². The van der Waals surface area contributed by atoms with Gasteiger partial charge in [-0.3, -0.25) is 4.90 Å². The number of likely N-dealkylation sites (N-methyl/N-ethyl adjacent to an activating group) is 2. The number of nitrogens with one attached hydrogen (secondary N) is 1. The van der Waals surface area contributed by atoms with E-state index in [0.29, 0.717) is 6.04 Å². The second-order valence-electron chi connectivity index (χ2n) is 5.23. The van der Waals surface area contributed by atoms with E-state index in [1.54, 1.807) is 0 Å². The standard InChI is InChI=1S/C13H27N3/c1-6-14-7-11(2)8-16-9-12(3)13(10-16)15(4)5/h12-14H,2,6-10H2,1,3-5H3. The lowest BCUT2D eigenvalue weighted by atomic mass is 10.1. The van der Waals surface area contributed by atoms with Crippen LogP contribution in [0, 0.1) is 5.92 Å². The van der Waals surface area contributed by atoms with Crippen molar-refractivity contribution < 1.29 is 0 Å². The van der Waals surface area contributed by atoms with Crippen LogP contribution in [-0.4, -0.2) is 62.7 Å². The van der Waals surface area contributed by atoms with E-state index in [4.69, 9.17) is 0 Å². The Morgan fingerprint density at radius 2 is 2.12 bits per heavy atom. The number of rotatable bonds is 6. The van der Waals surface area contributed by atoms with E-state index in [9.17, 15) is 0 Å². The smallest absolute Gasteiger partial charge is 0.0254 e. The van der Waals surface area contributed by atoms with Crippen LogP contribution in [0.3, 0.4) is 0 Å². The molecule has 1 rings (SSSR count). The van der Waals surface area contributed by atoms with Crippen molar-refractivity contribution in [3.8, 4) is 0 Å². The molecule has 0 aromatic rings. The van der Waals surface area contributed by atoms with Crippen LogP contribution in [-0.2, 0) is 0 Å². The maximum Gasteiger partial charge on any atom is 0.0254 e. The zero-order chi connectivity index (χ0) is 12.1. The van der Waals surface area contributed by atoms with Gasteiger partial charge in [-0.1, -0.05) is 20.4 Å². The molecule has 1 aliphatic heterocycles. The largest absolute Gasteiger partial charge is 0.313 e. The average molecular weight is 225 g/mol. The van der Waals surface area contributed by atoms with Crippen LogP contribution in [0.15, 0.2) is 12.2 Å². The summed E-state index contributed by atoms with van der Waals surface area (Å²) in [6, 6.07) is 0.701. The molecule has 0 aromatic carbocycles. The van der Waals surface area contributed by atoms with E-state index < -0.39 is 0 Å². The third-order valence-electron chi connectivity index (χ3n) is 3.38. The van der Waals surface area contributed by atoms with Gasteiger partial charge in [-0.25, -0.2) is 0 Å². The topological polar surface area (TPSA) is 18.5 Å². The number of nitrogens with zero attached hydrogens (tertiary/aromatic N) is 2. The van der Waals surface area contributed by atoms with Gasteiger partial charge in [0.05, 0.1) is 0 Å². The molecule has 0 aromatic heterocycles. The van der Waals surface area contributed by atoms with Crippen molar-refractivity contribution in [2.24, 2.45) is 5.92 Å². The summed E-state index contributed by atoms with van der Waals surface area (Å²) in [5.74, 6) is 0.766. The highest BCUT2D eigenvalue weighted by Crippen LogP contribution is 2.20. The van der Waals surface area contributed by atoms with Gasteiger partial charge in [0, 0.05) is 32.2 Å². The van der Waals surface area contributed by atoms with Crippen LogP contribution in [0.4, 0.5) is 0 Å². The zero-order valence-corrected chi connectivity index (χ0v) is 11.3. The summed E-state index contributed by atoms with van der Waals surface area (Å²) in [5, 5.41) is 3.33. The molecule has 2 atom stereocenters. The Hall–Kier alpha value is -0.380. The van der Waals surface area contributed by atoms with Gasteiger partial charge in [-0.05, 0) is 32.1 Å². The van der Waals surface area contributed by atoms with E-state index in [-0.39, 0.29) is 0 Å². The highest BCUT2D eigenvalue weighted by molar-refractivity contribution is 5.02. The molecule has 3 nitrogen and oxygen atoms in total. The summed E-state index contributed by atoms with van der Waals surface area (Å²) in [6.07, 6.45) is 0. The summed E-state index contributed by atoms with van der Waals surface area (Å²) in [4.78, 5) is 4.87. The number of hydrogen-bond donors (Lipinski definition) is 1. The Morgan fingerprint density at radius 3 is 2.62 bits per heavy atom. The Bertz CT molecular complexity index is 225. The minimum Gasteiger partial charge on any atom is -0.313 e. The Morgan fingerprint density at radius 1 is 1.44 bits per heavy atom. The molecule has 1 fully saturated rings. The minimum atomic E-state index is 0.701. The van der Waals surface area contributed by atoms with Gasteiger partial charge >= 0.3 is 0 Å². The van der Waals surface area contributed by atoms with Gasteiger partial charge < -0.3 is 10.2 Å². The lowest BCUT2D eigenvalue weighted by molar-refractivity contribution is 0.255. The van der Waals surface area contributed by atoms with Crippen molar-refractivity contribution in [2.45, 2.75) is 19.9 Å². The molecule has 1 aliphatic rings. The van der Waals surface area contributed by atoms with Crippen molar-refractivity contribution >= 4 is 0 Å². The first-order valence-corrected chi connectivity index (χ1v) is 6.30. The lowest BCUT2D eigenvalue weighted by Gasteiger charge is -2.22. The van der Waals surface area contributed by atoms with Crippen molar-refractivity contribution in [1.82, 2.24) is 15.1 Å². The molecule has 1 saturated heterocycles. The third-order valence-corrected chi connectivity index (χ3v) is 3.38. The van der Waals surface area contributed by atoms with Crippen LogP contribution in [0.1, 0.15) is 13.8 Å². The average Bonchev–Trinajstić information content (AvgIpc) is 2.56. The fourth-order valence-electron chi connectivity index (χ4n) is 2.52. The molecule has 94 valence electrons. The molecule has 0 bridgehead atoms. The summed E-state index contributed by atoms with van der Waals surface area (Å²) in [7, 11) is 4.36. The minimum absolute atomic E-state index is 0.701. The third kappa shape index (κ3) is 3.89. The molecule has 0 radical (unpaired) electrons. The molecule has 0 spiro atoms. The lowest BCUT2D eigenvalue weighted by Crippen LogP contribution is -2.35. The highest BCUT2D eigenvalue weighted by atomic mass is 15.2. The number of likely N-dealkylation sites (tertiary alicyclic amines) is 1. The Balaban J connectivity index is 2.32. The van der Waals surface area contributed by atoms with Crippen molar-refractivity contribution in [3.05, 3.63) is 12.2 Å². The van der Waals surface area contributed by atoms with Gasteiger partial charge in [0.2, 0.25) is 0 Å². The molecule has 2 unspecified atom stereocenters. The molecule has 16 heavy (non-hydrogen) atoms. The van der Waals surface area contributed by atoms with Crippen LogP contribution in [0.5, 0.6) is 0 Å². The molecule has 0 saturated carbocycles. The predicted octanol–water partition coefficient (Wildman–Crippen LogP) is 1.03. The van der Waals surface area contributed by atoms with Crippen molar-refractivity contribution in [3.63, 3.8) is 0 Å². The van der Waals surface area contributed by atoms with Gasteiger partial charge in [0.25, 0.3) is 0 Å². The summed E-state index contributed by atoms with van der Waals surface area (Å²) < 4.78 is 0. The number of hydrogen-bond acceptors (Lipinski definition) is 3. The molecule has 3 heteroatoms. The van der Waals surface area contributed by atoms with Crippen LogP contribution >= 0.6 is 0 Å². The van der Waals surface area contributed by atoms with E-state index in [0.717, 1.165) is 25.6 Å². The summed E-state index contributed by atoms with van der Waals surface area (Å²) in [6.45, 7) is 14.0. The molecular formula is C13H27N3. The van der Waals surface area contributed by atoms with Crippen molar-refractivity contribution in [2.75, 3.05) is 46.8 Å². The second kappa shape index (κ2) is 6.38. The summed E-state index contributed by atoms with van der Waals surface area (Å²) >= 11 is 0. The van der Waals surface area contributed by atoms with Crippen LogP contribution in [0.2, 0.25) is 0 Å². The summed E-state index contributed by atoms with van der Waals surface area (Å²) in [5.41, 5.74) is 1.30. The Labute approximate surface area is 100 Å². The monoisotopic (exact) mass is 225 g/mol. The van der Waals surface area contributed by atoms with E-state index in [1.165, 1.54) is 18.7 Å². The highest BCUT2D eigenvalue weighted by Gasteiger charge is 2.30. The zero-order valence-electron chi connectivity index (χ0n) is 11.3. The first-order valence-electron chi connectivity index (χ1n) is 6.30. The van der Waals surface area contributed by atoms with Gasteiger partial charge in [0.1, 0.15) is 0 Å². The van der Waals surface area contributed by atoms with Gasteiger partial charge in [-0.15, -0.1) is 0 Å². The molecule has 1 N–H and O–H groups in total. The normalized spacial score (nSPS) is 26.6. The van der Waals surface area contributed by atoms with E-state index in [1.807, 2.05) is 0 Å². The molecule has 0 amide bonds. The van der Waals surface area contributed by atoms with Crippen LogP contribution in [0.25, 0.3) is 0 Å². The SMILES string of the molecule is C=C(CNCC)CN1CC(C)C(N(C)C)C1. The fraction of sp³-hybridized carbons (Fsp3) is 0.846. The van der Waals surface area contributed by atoms with E-state index >= 15 is 0 Å².